The van der Waals surface area contributed by atoms with Crippen LogP contribution in [0.2, 0.25) is 0 Å². The smallest absolute Gasteiger partial charge is 0.226 e. The SMILES string of the molecule is O=C1C=C(Nc2ccc(Br)cc2)O/C1=C\c1c[nH]c2ncccc12. The highest BCUT2D eigenvalue weighted by Crippen LogP contribution is 2.25. The number of nitrogens with zero attached hydrogens (tertiary/aromatic N) is 1. The third kappa shape index (κ3) is 2.83. The number of ketones is 1. The number of halogens is 1. The number of rotatable bonds is 3. The molecule has 2 N–H and O–H groups in total. The van der Waals surface area contributed by atoms with Gasteiger partial charge in [0.2, 0.25) is 11.7 Å². The highest BCUT2D eigenvalue weighted by molar-refractivity contribution is 9.10. The van der Waals surface area contributed by atoms with Gasteiger partial charge in [-0.1, -0.05) is 15.9 Å². The number of pyridine rings is 1. The molecule has 0 spiro atoms. The second kappa shape index (κ2) is 5.98. The van der Waals surface area contributed by atoms with Crippen LogP contribution in [-0.2, 0) is 9.53 Å². The number of hydrogen-bond donors (Lipinski definition) is 2. The van der Waals surface area contributed by atoms with Gasteiger partial charge in [-0.25, -0.2) is 4.98 Å². The van der Waals surface area contributed by atoms with Gasteiger partial charge in [-0.05, 0) is 42.5 Å². The van der Waals surface area contributed by atoms with Gasteiger partial charge in [0.05, 0.1) is 6.08 Å². The monoisotopic (exact) mass is 381 g/mol. The van der Waals surface area contributed by atoms with Crippen molar-refractivity contribution in [2.45, 2.75) is 0 Å². The Bertz CT molecular complexity index is 987. The highest BCUT2D eigenvalue weighted by Gasteiger charge is 2.21. The van der Waals surface area contributed by atoms with Crippen LogP contribution in [0.1, 0.15) is 5.56 Å². The Labute approximate surface area is 146 Å². The summed E-state index contributed by atoms with van der Waals surface area (Å²) in [5.41, 5.74) is 2.48. The van der Waals surface area contributed by atoms with E-state index >= 15 is 0 Å². The minimum Gasteiger partial charge on any atom is -0.437 e. The summed E-state index contributed by atoms with van der Waals surface area (Å²) in [6.07, 6.45) is 6.69. The number of carbonyl (C=O) groups excluding carboxylic acids is 1. The average molecular weight is 382 g/mol. The predicted molar refractivity (Wildman–Crippen MR) is 96.0 cm³/mol. The molecule has 0 saturated heterocycles. The molecule has 5 nitrogen and oxygen atoms in total. The van der Waals surface area contributed by atoms with Gasteiger partial charge in [0.25, 0.3) is 0 Å². The first-order valence-corrected chi connectivity index (χ1v) is 8.08. The lowest BCUT2D eigenvalue weighted by Gasteiger charge is -2.07. The molecule has 0 bridgehead atoms. The van der Waals surface area contributed by atoms with Gasteiger partial charge in [-0.2, -0.15) is 0 Å². The highest BCUT2D eigenvalue weighted by atomic mass is 79.9. The fraction of sp³-hybridized carbons (Fsp3) is 0. The molecule has 118 valence electrons. The van der Waals surface area contributed by atoms with Crippen LogP contribution in [0.5, 0.6) is 0 Å². The molecule has 0 saturated carbocycles. The number of allylic oxidation sites excluding steroid dienone is 1. The Hall–Kier alpha value is -2.86. The van der Waals surface area contributed by atoms with Crippen LogP contribution in [0.4, 0.5) is 5.69 Å². The lowest BCUT2D eigenvalue weighted by Crippen LogP contribution is -1.99. The van der Waals surface area contributed by atoms with E-state index in [0.717, 1.165) is 26.8 Å². The van der Waals surface area contributed by atoms with Crippen LogP contribution in [0, 0.1) is 0 Å². The van der Waals surface area contributed by atoms with Crippen molar-refractivity contribution in [2.24, 2.45) is 0 Å². The van der Waals surface area contributed by atoms with Gasteiger partial charge in [-0.3, -0.25) is 4.79 Å². The summed E-state index contributed by atoms with van der Waals surface area (Å²) >= 11 is 3.39. The molecule has 0 aliphatic carbocycles. The number of anilines is 1. The van der Waals surface area contributed by atoms with E-state index in [1.54, 1.807) is 18.5 Å². The number of hydrogen-bond acceptors (Lipinski definition) is 4. The second-order valence-electron chi connectivity index (χ2n) is 5.26. The maximum atomic E-state index is 12.1. The molecule has 0 atom stereocenters. The minimum absolute atomic E-state index is 0.173. The Morgan fingerprint density at radius 2 is 2.04 bits per heavy atom. The third-order valence-corrected chi connectivity index (χ3v) is 4.14. The molecule has 0 amide bonds. The molecule has 0 fully saturated rings. The molecule has 1 aliphatic heterocycles. The molecule has 24 heavy (non-hydrogen) atoms. The summed E-state index contributed by atoms with van der Waals surface area (Å²) in [6, 6.07) is 11.4. The first kappa shape index (κ1) is 14.7. The van der Waals surface area contributed by atoms with Crippen molar-refractivity contribution < 1.29 is 9.53 Å². The third-order valence-electron chi connectivity index (χ3n) is 3.61. The van der Waals surface area contributed by atoms with Crippen LogP contribution in [0.25, 0.3) is 17.1 Å². The largest absolute Gasteiger partial charge is 0.437 e. The summed E-state index contributed by atoms with van der Waals surface area (Å²) in [4.78, 5) is 19.5. The number of ether oxygens (including phenoxy) is 1. The van der Waals surface area contributed by atoms with Crippen molar-refractivity contribution in [3.8, 4) is 0 Å². The second-order valence-corrected chi connectivity index (χ2v) is 6.17. The molecule has 0 radical (unpaired) electrons. The Morgan fingerprint density at radius 1 is 1.21 bits per heavy atom. The van der Waals surface area contributed by atoms with Gasteiger partial charge in [-0.15, -0.1) is 0 Å². The molecule has 3 heterocycles. The van der Waals surface area contributed by atoms with E-state index in [1.165, 1.54) is 6.08 Å². The van der Waals surface area contributed by atoms with E-state index < -0.39 is 0 Å². The Morgan fingerprint density at radius 3 is 2.88 bits per heavy atom. The van der Waals surface area contributed by atoms with E-state index in [1.807, 2.05) is 36.4 Å². The van der Waals surface area contributed by atoms with Crippen molar-refractivity contribution in [1.29, 1.82) is 0 Å². The van der Waals surface area contributed by atoms with Crippen molar-refractivity contribution in [3.63, 3.8) is 0 Å². The maximum Gasteiger partial charge on any atom is 0.226 e. The van der Waals surface area contributed by atoms with E-state index in [2.05, 4.69) is 31.2 Å². The van der Waals surface area contributed by atoms with E-state index in [-0.39, 0.29) is 11.5 Å². The quantitative estimate of drug-likeness (QED) is 0.666. The summed E-state index contributed by atoms with van der Waals surface area (Å²) in [7, 11) is 0. The first-order chi connectivity index (χ1) is 11.7. The van der Waals surface area contributed by atoms with Crippen molar-refractivity contribution in [1.82, 2.24) is 9.97 Å². The number of fused-ring (bicyclic) bond motifs is 1. The van der Waals surface area contributed by atoms with Crippen LogP contribution < -0.4 is 5.32 Å². The van der Waals surface area contributed by atoms with Crippen molar-refractivity contribution in [2.75, 3.05) is 5.32 Å². The maximum absolute atomic E-state index is 12.1. The summed E-state index contributed by atoms with van der Waals surface area (Å²) in [5.74, 6) is 0.513. The number of H-pyrrole nitrogens is 1. The lowest BCUT2D eigenvalue weighted by molar-refractivity contribution is -0.112. The molecule has 4 rings (SSSR count). The Balaban J connectivity index is 1.56. The molecule has 3 aromatic rings. The van der Waals surface area contributed by atoms with E-state index in [4.69, 9.17) is 4.74 Å². The number of nitrogens with one attached hydrogen (secondary N) is 2. The normalized spacial score (nSPS) is 15.6. The van der Waals surface area contributed by atoms with Crippen LogP contribution in [0.15, 0.2) is 71.0 Å². The fourth-order valence-electron chi connectivity index (χ4n) is 2.46. The molecular formula is C18H12BrN3O2. The van der Waals surface area contributed by atoms with E-state index in [0.29, 0.717) is 5.88 Å². The summed E-state index contributed by atoms with van der Waals surface area (Å²) < 4.78 is 6.63. The number of benzene rings is 1. The molecule has 2 aromatic heterocycles. The molecule has 0 unspecified atom stereocenters. The zero-order valence-electron chi connectivity index (χ0n) is 12.4. The van der Waals surface area contributed by atoms with Crippen molar-refractivity contribution in [3.05, 3.63) is 76.5 Å². The number of aromatic nitrogens is 2. The Kier molecular flexibility index (Phi) is 3.66. The van der Waals surface area contributed by atoms with Gasteiger partial charge < -0.3 is 15.0 Å². The standard InChI is InChI=1S/C18H12BrN3O2/c19-12-3-5-13(6-4-12)22-17-9-15(23)16(24-17)8-11-10-21-18-14(11)2-1-7-20-18/h1-10,22H,(H,20,21)/b16-8-. The fourth-order valence-corrected chi connectivity index (χ4v) is 2.73. The topological polar surface area (TPSA) is 67.0 Å². The zero-order chi connectivity index (χ0) is 16.5. The minimum atomic E-state index is -0.173. The van der Waals surface area contributed by atoms with Crippen LogP contribution in [0.3, 0.4) is 0 Å². The zero-order valence-corrected chi connectivity index (χ0v) is 14.0. The summed E-state index contributed by atoms with van der Waals surface area (Å²) in [5, 5.41) is 4.02. The summed E-state index contributed by atoms with van der Waals surface area (Å²) in [6.45, 7) is 0. The van der Waals surface area contributed by atoms with Crippen molar-refractivity contribution >= 4 is 44.5 Å². The van der Waals surface area contributed by atoms with Gasteiger partial charge >= 0.3 is 0 Å². The molecular weight excluding hydrogens is 370 g/mol. The van der Waals surface area contributed by atoms with Gasteiger partial charge in [0.15, 0.2) is 5.76 Å². The van der Waals surface area contributed by atoms with Gasteiger partial charge in [0.1, 0.15) is 5.65 Å². The predicted octanol–water partition coefficient (Wildman–Crippen LogP) is 4.22. The lowest BCUT2D eigenvalue weighted by atomic mass is 10.2. The number of carbonyl (C=O) groups is 1. The number of aromatic amines is 1. The first-order valence-electron chi connectivity index (χ1n) is 7.29. The molecule has 1 aliphatic rings. The molecule has 1 aromatic carbocycles. The van der Waals surface area contributed by atoms with Gasteiger partial charge in [0, 0.05) is 33.5 Å². The van der Waals surface area contributed by atoms with Crippen LogP contribution in [-0.4, -0.2) is 15.8 Å². The van der Waals surface area contributed by atoms with Crippen LogP contribution >= 0.6 is 15.9 Å². The molecule has 6 heteroatoms. The van der Waals surface area contributed by atoms with E-state index in [9.17, 15) is 4.79 Å². The average Bonchev–Trinajstić information content (AvgIpc) is 3.14.